The van der Waals surface area contributed by atoms with Gasteiger partial charge in [0.1, 0.15) is 23.0 Å². The standard InChI is InChI=1S/C19H17F2NO2/c1-3-17-15(13-6-4-5-7-18(13)24-17)11-22(2)19(23)14-10-12(20)8-9-16(14)21/h4-10H,3,11H2,1-2H3. The van der Waals surface area contributed by atoms with Crippen molar-refractivity contribution in [1.29, 1.82) is 0 Å². The van der Waals surface area contributed by atoms with Crippen LogP contribution >= 0.6 is 0 Å². The molecular formula is C19H17F2NO2. The number of para-hydroxylation sites is 1. The van der Waals surface area contributed by atoms with Crippen molar-refractivity contribution in [1.82, 2.24) is 4.90 Å². The Labute approximate surface area is 138 Å². The number of benzene rings is 2. The fourth-order valence-electron chi connectivity index (χ4n) is 2.78. The summed E-state index contributed by atoms with van der Waals surface area (Å²) < 4.78 is 33.0. The summed E-state index contributed by atoms with van der Waals surface area (Å²) in [6, 6.07) is 10.4. The molecule has 0 radical (unpaired) electrons. The fourth-order valence-corrected chi connectivity index (χ4v) is 2.78. The van der Waals surface area contributed by atoms with Gasteiger partial charge in [-0.25, -0.2) is 8.78 Å². The van der Waals surface area contributed by atoms with Gasteiger partial charge < -0.3 is 9.32 Å². The summed E-state index contributed by atoms with van der Waals surface area (Å²) in [5.74, 6) is -1.16. The molecule has 1 aromatic heterocycles. The van der Waals surface area contributed by atoms with Crippen molar-refractivity contribution < 1.29 is 18.0 Å². The molecule has 124 valence electrons. The zero-order valence-corrected chi connectivity index (χ0v) is 13.5. The lowest BCUT2D eigenvalue weighted by molar-refractivity contribution is 0.0780. The first-order valence-corrected chi connectivity index (χ1v) is 7.71. The van der Waals surface area contributed by atoms with Crippen molar-refractivity contribution in [2.45, 2.75) is 19.9 Å². The summed E-state index contributed by atoms with van der Waals surface area (Å²) in [7, 11) is 1.56. The third-order valence-electron chi connectivity index (χ3n) is 4.00. The lowest BCUT2D eigenvalue weighted by Gasteiger charge is -2.18. The predicted molar refractivity (Wildman–Crippen MR) is 87.7 cm³/mol. The summed E-state index contributed by atoms with van der Waals surface area (Å²) in [5, 5.41) is 0.925. The Bertz CT molecular complexity index is 902. The predicted octanol–water partition coefficient (Wildman–Crippen LogP) is 4.55. The second-order valence-corrected chi connectivity index (χ2v) is 5.64. The second-order valence-electron chi connectivity index (χ2n) is 5.64. The minimum Gasteiger partial charge on any atom is -0.461 e. The van der Waals surface area contributed by atoms with Crippen LogP contribution in [0.25, 0.3) is 11.0 Å². The highest BCUT2D eigenvalue weighted by molar-refractivity contribution is 5.94. The molecule has 0 unspecified atom stereocenters. The molecule has 0 atom stereocenters. The Hall–Kier alpha value is -2.69. The highest BCUT2D eigenvalue weighted by Crippen LogP contribution is 2.27. The van der Waals surface area contributed by atoms with Gasteiger partial charge in [0.15, 0.2) is 0 Å². The van der Waals surface area contributed by atoms with Crippen LogP contribution in [-0.4, -0.2) is 17.9 Å². The monoisotopic (exact) mass is 329 g/mol. The number of carbonyl (C=O) groups is 1. The van der Waals surface area contributed by atoms with Crippen molar-refractivity contribution in [3.05, 3.63) is 71.0 Å². The van der Waals surface area contributed by atoms with Crippen LogP contribution in [0.4, 0.5) is 8.78 Å². The molecule has 1 amide bonds. The third-order valence-corrected chi connectivity index (χ3v) is 4.00. The van der Waals surface area contributed by atoms with Crippen LogP contribution in [0, 0.1) is 11.6 Å². The first-order chi connectivity index (χ1) is 11.5. The van der Waals surface area contributed by atoms with Crippen molar-refractivity contribution >= 4 is 16.9 Å². The van der Waals surface area contributed by atoms with Gasteiger partial charge in [0.25, 0.3) is 5.91 Å². The molecule has 24 heavy (non-hydrogen) atoms. The van der Waals surface area contributed by atoms with E-state index in [1.807, 2.05) is 31.2 Å². The first-order valence-electron chi connectivity index (χ1n) is 7.71. The number of amides is 1. The number of halogens is 2. The number of hydrogen-bond acceptors (Lipinski definition) is 2. The SMILES string of the molecule is CCc1oc2ccccc2c1CN(C)C(=O)c1cc(F)ccc1F. The molecule has 0 aliphatic heterocycles. The van der Waals surface area contributed by atoms with Gasteiger partial charge in [-0.2, -0.15) is 0 Å². The van der Waals surface area contributed by atoms with Crippen LogP contribution in [0.3, 0.4) is 0 Å². The van der Waals surface area contributed by atoms with E-state index in [9.17, 15) is 13.6 Å². The molecule has 3 rings (SSSR count). The van der Waals surface area contributed by atoms with E-state index in [-0.39, 0.29) is 12.1 Å². The molecule has 0 bridgehead atoms. The molecule has 0 aliphatic carbocycles. The van der Waals surface area contributed by atoms with Gasteiger partial charge in [-0.3, -0.25) is 4.79 Å². The van der Waals surface area contributed by atoms with E-state index < -0.39 is 17.5 Å². The number of hydrogen-bond donors (Lipinski definition) is 0. The summed E-state index contributed by atoms with van der Waals surface area (Å²) in [6.07, 6.45) is 0.681. The van der Waals surface area contributed by atoms with E-state index >= 15 is 0 Å². The van der Waals surface area contributed by atoms with E-state index in [0.29, 0.717) is 6.42 Å². The van der Waals surface area contributed by atoms with Crippen LogP contribution < -0.4 is 0 Å². The summed E-state index contributed by atoms with van der Waals surface area (Å²) in [5.41, 5.74) is 1.37. The Balaban J connectivity index is 1.93. The summed E-state index contributed by atoms with van der Waals surface area (Å²) in [6.45, 7) is 2.23. The van der Waals surface area contributed by atoms with E-state index in [1.165, 1.54) is 4.90 Å². The number of carbonyl (C=O) groups excluding carboxylic acids is 1. The summed E-state index contributed by atoms with van der Waals surface area (Å²) in [4.78, 5) is 13.8. The van der Waals surface area contributed by atoms with Crippen LogP contribution in [0.5, 0.6) is 0 Å². The smallest absolute Gasteiger partial charge is 0.256 e. The molecule has 3 aromatic rings. The van der Waals surface area contributed by atoms with Crippen LogP contribution in [0.15, 0.2) is 46.9 Å². The van der Waals surface area contributed by atoms with E-state index in [0.717, 1.165) is 40.5 Å². The maximum Gasteiger partial charge on any atom is 0.256 e. The maximum absolute atomic E-state index is 13.8. The number of nitrogens with zero attached hydrogens (tertiary/aromatic N) is 1. The molecule has 0 saturated carbocycles. The largest absolute Gasteiger partial charge is 0.461 e. The highest BCUT2D eigenvalue weighted by atomic mass is 19.1. The van der Waals surface area contributed by atoms with E-state index in [2.05, 4.69) is 0 Å². The van der Waals surface area contributed by atoms with Crippen molar-refractivity contribution in [3.8, 4) is 0 Å². The number of furan rings is 1. The lowest BCUT2D eigenvalue weighted by atomic mass is 10.1. The van der Waals surface area contributed by atoms with E-state index in [4.69, 9.17) is 4.42 Å². The number of fused-ring (bicyclic) bond motifs is 1. The third kappa shape index (κ3) is 2.89. The molecule has 1 heterocycles. The van der Waals surface area contributed by atoms with Gasteiger partial charge in [0, 0.05) is 31.0 Å². The van der Waals surface area contributed by atoms with Gasteiger partial charge in [0.2, 0.25) is 0 Å². The topological polar surface area (TPSA) is 33.5 Å². The lowest BCUT2D eigenvalue weighted by Crippen LogP contribution is -2.27. The molecule has 0 fully saturated rings. The normalized spacial score (nSPS) is 11.0. The second kappa shape index (κ2) is 6.43. The van der Waals surface area contributed by atoms with Crippen LogP contribution in [0.2, 0.25) is 0 Å². The van der Waals surface area contributed by atoms with Gasteiger partial charge in [-0.15, -0.1) is 0 Å². The zero-order valence-electron chi connectivity index (χ0n) is 13.5. The minimum absolute atomic E-state index is 0.259. The van der Waals surface area contributed by atoms with Crippen molar-refractivity contribution in [2.75, 3.05) is 7.05 Å². The molecule has 5 heteroatoms. The maximum atomic E-state index is 13.8. The number of rotatable bonds is 4. The fraction of sp³-hybridized carbons (Fsp3) is 0.211. The first kappa shape index (κ1) is 16.2. The Morgan fingerprint density at radius 2 is 1.92 bits per heavy atom. The molecule has 3 nitrogen and oxygen atoms in total. The Kier molecular flexibility index (Phi) is 4.34. The van der Waals surface area contributed by atoms with Crippen LogP contribution in [-0.2, 0) is 13.0 Å². The quantitative estimate of drug-likeness (QED) is 0.704. The van der Waals surface area contributed by atoms with Gasteiger partial charge in [-0.05, 0) is 24.3 Å². The zero-order chi connectivity index (χ0) is 17.3. The van der Waals surface area contributed by atoms with Gasteiger partial charge in [0.05, 0.1) is 5.56 Å². The average molecular weight is 329 g/mol. The molecule has 2 aromatic carbocycles. The van der Waals surface area contributed by atoms with Gasteiger partial charge in [-0.1, -0.05) is 25.1 Å². The Morgan fingerprint density at radius 1 is 1.17 bits per heavy atom. The molecule has 0 saturated heterocycles. The molecule has 0 spiro atoms. The molecular weight excluding hydrogens is 312 g/mol. The molecule has 0 aliphatic rings. The van der Waals surface area contributed by atoms with Crippen LogP contribution in [0.1, 0.15) is 28.6 Å². The minimum atomic E-state index is -0.735. The number of aryl methyl sites for hydroxylation is 1. The average Bonchev–Trinajstić information content (AvgIpc) is 2.94. The Morgan fingerprint density at radius 3 is 2.67 bits per heavy atom. The van der Waals surface area contributed by atoms with Gasteiger partial charge >= 0.3 is 0 Å². The van der Waals surface area contributed by atoms with Crippen molar-refractivity contribution in [2.24, 2.45) is 0 Å². The summed E-state index contributed by atoms with van der Waals surface area (Å²) >= 11 is 0. The highest BCUT2D eigenvalue weighted by Gasteiger charge is 2.20. The van der Waals surface area contributed by atoms with Crippen molar-refractivity contribution in [3.63, 3.8) is 0 Å². The molecule has 0 N–H and O–H groups in total. The van der Waals surface area contributed by atoms with E-state index in [1.54, 1.807) is 7.05 Å².